The summed E-state index contributed by atoms with van der Waals surface area (Å²) in [6, 6.07) is 6.67. The normalized spacial score (nSPS) is 28.6. The molecular formula is C19H26FN3O2. The Labute approximate surface area is 148 Å². The molecule has 1 N–H and O–H groups in total. The summed E-state index contributed by atoms with van der Waals surface area (Å²) in [5.74, 6) is -0.159. The summed E-state index contributed by atoms with van der Waals surface area (Å²) in [4.78, 5) is 17.9. The standard InChI is InChI=1S/C19H26FN3O2/c20-15-3-1-2-14(12-15)18(22-8-10-25-11-9-22)19(24)23-16-4-5-17(23)13-21-7-6-16/h1-3,12,16-18,21H,4-11,13H2. The summed E-state index contributed by atoms with van der Waals surface area (Å²) < 4.78 is 19.3. The predicted octanol–water partition coefficient (Wildman–Crippen LogP) is 1.55. The van der Waals surface area contributed by atoms with Gasteiger partial charge in [0.2, 0.25) is 5.91 Å². The molecule has 3 heterocycles. The summed E-state index contributed by atoms with van der Waals surface area (Å²) in [6.07, 6.45) is 3.14. The van der Waals surface area contributed by atoms with Gasteiger partial charge in [-0.25, -0.2) is 4.39 Å². The third-order valence-corrected chi connectivity index (χ3v) is 5.72. The van der Waals surface area contributed by atoms with E-state index < -0.39 is 6.04 Å². The van der Waals surface area contributed by atoms with Crippen molar-refractivity contribution in [2.75, 3.05) is 39.4 Å². The van der Waals surface area contributed by atoms with Crippen LogP contribution >= 0.6 is 0 Å². The first-order valence-corrected chi connectivity index (χ1v) is 9.34. The first-order valence-electron chi connectivity index (χ1n) is 9.34. The summed E-state index contributed by atoms with van der Waals surface area (Å²) in [6.45, 7) is 4.47. The first-order chi connectivity index (χ1) is 12.2. The summed E-state index contributed by atoms with van der Waals surface area (Å²) in [5, 5.41) is 3.44. The van der Waals surface area contributed by atoms with Crippen LogP contribution in [-0.2, 0) is 9.53 Å². The highest BCUT2D eigenvalue weighted by Gasteiger charge is 2.42. The maximum absolute atomic E-state index is 13.9. The molecule has 3 aliphatic rings. The summed E-state index contributed by atoms with van der Waals surface area (Å²) >= 11 is 0. The second-order valence-corrected chi connectivity index (χ2v) is 7.23. The van der Waals surface area contributed by atoms with Gasteiger partial charge in [-0.1, -0.05) is 12.1 Å². The average Bonchev–Trinajstić information content (AvgIpc) is 2.89. The fourth-order valence-corrected chi connectivity index (χ4v) is 4.51. The van der Waals surface area contributed by atoms with Crippen molar-refractivity contribution in [1.82, 2.24) is 15.1 Å². The molecule has 25 heavy (non-hydrogen) atoms. The number of hydrogen-bond donors (Lipinski definition) is 1. The second kappa shape index (κ2) is 7.40. The molecule has 0 saturated carbocycles. The van der Waals surface area contributed by atoms with Gasteiger partial charge in [-0.15, -0.1) is 0 Å². The van der Waals surface area contributed by atoms with Gasteiger partial charge in [0.1, 0.15) is 11.9 Å². The number of halogens is 1. The zero-order chi connectivity index (χ0) is 17.2. The minimum absolute atomic E-state index is 0.128. The molecule has 0 aliphatic carbocycles. The fraction of sp³-hybridized carbons (Fsp3) is 0.632. The van der Waals surface area contributed by atoms with Crippen molar-refractivity contribution in [1.29, 1.82) is 0 Å². The third kappa shape index (κ3) is 3.43. The molecule has 1 aromatic rings. The van der Waals surface area contributed by atoms with E-state index in [0.29, 0.717) is 32.3 Å². The van der Waals surface area contributed by atoms with Gasteiger partial charge < -0.3 is 15.0 Å². The van der Waals surface area contributed by atoms with Crippen molar-refractivity contribution in [2.45, 2.75) is 37.4 Å². The Morgan fingerprint density at radius 1 is 1.20 bits per heavy atom. The van der Waals surface area contributed by atoms with Crippen molar-refractivity contribution in [3.8, 4) is 0 Å². The van der Waals surface area contributed by atoms with Crippen LogP contribution in [0.2, 0.25) is 0 Å². The lowest BCUT2D eigenvalue weighted by atomic mass is 10.0. The predicted molar refractivity (Wildman–Crippen MR) is 92.7 cm³/mol. The van der Waals surface area contributed by atoms with E-state index >= 15 is 0 Å². The molecule has 0 radical (unpaired) electrons. The number of carbonyl (C=O) groups excluding carboxylic acids is 1. The molecule has 6 heteroatoms. The van der Waals surface area contributed by atoms with Gasteiger partial charge in [-0.3, -0.25) is 9.69 Å². The highest BCUT2D eigenvalue weighted by molar-refractivity contribution is 5.84. The monoisotopic (exact) mass is 347 g/mol. The molecule has 5 nitrogen and oxygen atoms in total. The molecule has 3 unspecified atom stereocenters. The van der Waals surface area contributed by atoms with Gasteiger partial charge in [0.25, 0.3) is 0 Å². The van der Waals surface area contributed by atoms with Gasteiger partial charge in [0.15, 0.2) is 0 Å². The molecule has 3 atom stereocenters. The third-order valence-electron chi connectivity index (χ3n) is 5.72. The Hall–Kier alpha value is -1.50. The molecular weight excluding hydrogens is 321 g/mol. The number of rotatable bonds is 3. The zero-order valence-electron chi connectivity index (χ0n) is 14.5. The summed E-state index contributed by atoms with van der Waals surface area (Å²) in [7, 11) is 0. The van der Waals surface area contributed by atoms with Crippen molar-refractivity contribution < 1.29 is 13.9 Å². The Morgan fingerprint density at radius 2 is 2.00 bits per heavy atom. The Bertz CT molecular complexity index is 606. The Morgan fingerprint density at radius 3 is 2.80 bits per heavy atom. The number of nitrogens with zero attached hydrogens (tertiary/aromatic N) is 2. The van der Waals surface area contributed by atoms with Crippen LogP contribution in [0.5, 0.6) is 0 Å². The maximum atomic E-state index is 13.9. The number of morpholine rings is 1. The van der Waals surface area contributed by atoms with Crippen molar-refractivity contribution in [3.05, 3.63) is 35.6 Å². The number of nitrogens with one attached hydrogen (secondary N) is 1. The lowest BCUT2D eigenvalue weighted by molar-refractivity contribution is -0.141. The van der Waals surface area contributed by atoms with E-state index in [1.165, 1.54) is 12.1 Å². The molecule has 1 amide bonds. The van der Waals surface area contributed by atoms with Crippen LogP contribution in [-0.4, -0.2) is 67.2 Å². The second-order valence-electron chi connectivity index (χ2n) is 7.23. The van der Waals surface area contributed by atoms with E-state index in [-0.39, 0.29) is 17.8 Å². The molecule has 3 aliphatic heterocycles. The van der Waals surface area contributed by atoms with Crippen LogP contribution in [0.25, 0.3) is 0 Å². The fourth-order valence-electron chi connectivity index (χ4n) is 4.51. The summed E-state index contributed by atoms with van der Waals surface area (Å²) in [5.41, 5.74) is 0.753. The zero-order valence-corrected chi connectivity index (χ0v) is 14.5. The lowest BCUT2D eigenvalue weighted by Crippen LogP contribution is -2.51. The van der Waals surface area contributed by atoms with Gasteiger partial charge >= 0.3 is 0 Å². The number of hydrogen-bond acceptors (Lipinski definition) is 4. The SMILES string of the molecule is O=C(C(c1cccc(F)c1)N1CCOCC1)N1C2CCNCC1CC2. The molecule has 2 bridgehead atoms. The molecule has 0 aromatic heterocycles. The quantitative estimate of drug-likeness (QED) is 0.901. The van der Waals surface area contributed by atoms with Crippen molar-refractivity contribution in [2.24, 2.45) is 0 Å². The number of fused-ring (bicyclic) bond motifs is 2. The largest absolute Gasteiger partial charge is 0.379 e. The van der Waals surface area contributed by atoms with Crippen LogP contribution in [0.3, 0.4) is 0 Å². The van der Waals surface area contributed by atoms with Gasteiger partial charge in [0, 0.05) is 31.7 Å². The van der Waals surface area contributed by atoms with Gasteiger partial charge in [0.05, 0.1) is 13.2 Å². The molecule has 3 saturated heterocycles. The lowest BCUT2D eigenvalue weighted by Gasteiger charge is -2.38. The van der Waals surface area contributed by atoms with E-state index in [2.05, 4.69) is 15.1 Å². The topological polar surface area (TPSA) is 44.8 Å². The average molecular weight is 347 g/mol. The van der Waals surface area contributed by atoms with E-state index in [9.17, 15) is 9.18 Å². The molecule has 0 spiro atoms. The van der Waals surface area contributed by atoms with Crippen molar-refractivity contribution >= 4 is 5.91 Å². The molecule has 1 aromatic carbocycles. The molecule has 4 rings (SSSR count). The van der Waals surface area contributed by atoms with Gasteiger partial charge in [-0.2, -0.15) is 0 Å². The van der Waals surface area contributed by atoms with Crippen LogP contribution < -0.4 is 5.32 Å². The molecule has 136 valence electrons. The van der Waals surface area contributed by atoms with Crippen LogP contribution in [0.4, 0.5) is 4.39 Å². The van der Waals surface area contributed by atoms with Crippen LogP contribution in [0, 0.1) is 5.82 Å². The van der Waals surface area contributed by atoms with E-state index in [1.54, 1.807) is 6.07 Å². The Balaban J connectivity index is 1.66. The number of amides is 1. The minimum Gasteiger partial charge on any atom is -0.379 e. The van der Waals surface area contributed by atoms with E-state index in [4.69, 9.17) is 4.74 Å². The smallest absolute Gasteiger partial charge is 0.245 e. The van der Waals surface area contributed by atoms with E-state index in [0.717, 1.165) is 37.9 Å². The van der Waals surface area contributed by atoms with E-state index in [1.807, 2.05) is 6.07 Å². The number of ether oxygens (including phenoxy) is 1. The Kier molecular flexibility index (Phi) is 5.01. The highest BCUT2D eigenvalue weighted by Crippen LogP contribution is 2.33. The van der Waals surface area contributed by atoms with Crippen molar-refractivity contribution in [3.63, 3.8) is 0 Å². The van der Waals surface area contributed by atoms with Crippen LogP contribution in [0.1, 0.15) is 30.9 Å². The highest BCUT2D eigenvalue weighted by atomic mass is 19.1. The molecule has 3 fully saturated rings. The maximum Gasteiger partial charge on any atom is 0.245 e. The minimum atomic E-state index is -0.416. The van der Waals surface area contributed by atoms with Crippen LogP contribution in [0.15, 0.2) is 24.3 Å². The number of carbonyl (C=O) groups is 1. The number of benzene rings is 1. The van der Waals surface area contributed by atoms with Gasteiger partial charge in [-0.05, 0) is 43.5 Å². The first kappa shape index (κ1) is 16.9.